The summed E-state index contributed by atoms with van der Waals surface area (Å²) in [7, 11) is 0. The minimum Gasteiger partial charge on any atom is -0.334 e. The molecular weight excluding hydrogens is 334 g/mol. The summed E-state index contributed by atoms with van der Waals surface area (Å²) < 4.78 is 0. The van der Waals surface area contributed by atoms with Crippen LogP contribution in [-0.2, 0) is 11.3 Å². The van der Waals surface area contributed by atoms with E-state index in [4.69, 9.17) is 0 Å². The number of nitrogens with one attached hydrogen (secondary N) is 1. The Morgan fingerprint density at radius 1 is 1.28 bits per heavy atom. The van der Waals surface area contributed by atoms with E-state index in [1.165, 1.54) is 0 Å². The molecule has 0 spiro atoms. The molecule has 1 aromatic heterocycles. The highest BCUT2D eigenvalue weighted by Crippen LogP contribution is 2.21. The maximum Gasteiger partial charge on any atom is 0.223 e. The molecule has 2 rings (SSSR count). The fourth-order valence-electron chi connectivity index (χ4n) is 3.70. The zero-order valence-corrected chi connectivity index (χ0v) is 16.7. The first-order valence-electron chi connectivity index (χ1n) is 9.46. The number of aromatic nitrogens is 1. The lowest BCUT2D eigenvalue weighted by Gasteiger charge is -2.32. The lowest BCUT2D eigenvalue weighted by atomic mass is 9.95. The molecule has 25 heavy (non-hydrogen) atoms. The molecule has 1 N–H and O–H groups in total. The molecule has 1 aliphatic heterocycles. The quantitative estimate of drug-likeness (QED) is 0.790. The van der Waals surface area contributed by atoms with E-state index in [-0.39, 0.29) is 12.4 Å². The van der Waals surface area contributed by atoms with E-state index in [0.29, 0.717) is 36.8 Å². The number of nitrogens with zero attached hydrogens (tertiary/aromatic N) is 2. The van der Waals surface area contributed by atoms with Gasteiger partial charge in [-0.3, -0.25) is 9.78 Å². The van der Waals surface area contributed by atoms with Crippen molar-refractivity contribution in [2.24, 2.45) is 11.8 Å². The van der Waals surface area contributed by atoms with Crippen molar-refractivity contribution in [2.75, 3.05) is 13.1 Å². The normalized spacial score (nSPS) is 19.0. The molecule has 0 aromatic carbocycles. The van der Waals surface area contributed by atoms with Crippen LogP contribution >= 0.6 is 12.4 Å². The fourth-order valence-corrected chi connectivity index (χ4v) is 3.70. The highest BCUT2D eigenvalue weighted by atomic mass is 35.5. The predicted molar refractivity (Wildman–Crippen MR) is 106 cm³/mol. The van der Waals surface area contributed by atoms with Crippen molar-refractivity contribution in [3.8, 4) is 0 Å². The van der Waals surface area contributed by atoms with E-state index in [1.54, 1.807) is 0 Å². The van der Waals surface area contributed by atoms with E-state index in [2.05, 4.69) is 36.0 Å². The van der Waals surface area contributed by atoms with Gasteiger partial charge >= 0.3 is 0 Å². The highest BCUT2D eigenvalue weighted by molar-refractivity contribution is 5.85. The molecule has 4 nitrogen and oxygen atoms in total. The Bertz CT molecular complexity index is 487. The van der Waals surface area contributed by atoms with Gasteiger partial charge in [-0.1, -0.05) is 26.8 Å². The molecule has 2 atom stereocenters. The predicted octanol–water partition coefficient (Wildman–Crippen LogP) is 4.05. The minimum atomic E-state index is 0. The zero-order valence-electron chi connectivity index (χ0n) is 15.9. The van der Waals surface area contributed by atoms with Crippen LogP contribution < -0.4 is 5.32 Å². The van der Waals surface area contributed by atoms with E-state index < -0.39 is 0 Å². The second kappa shape index (κ2) is 11.5. The monoisotopic (exact) mass is 367 g/mol. The molecule has 1 aliphatic rings. The van der Waals surface area contributed by atoms with E-state index in [0.717, 1.165) is 44.5 Å². The zero-order chi connectivity index (χ0) is 17.4. The smallest absolute Gasteiger partial charge is 0.223 e. The van der Waals surface area contributed by atoms with Crippen molar-refractivity contribution < 1.29 is 4.79 Å². The first-order valence-corrected chi connectivity index (χ1v) is 9.46. The summed E-state index contributed by atoms with van der Waals surface area (Å²) in [5, 5.41) is 3.45. The Morgan fingerprint density at radius 3 is 2.76 bits per heavy atom. The van der Waals surface area contributed by atoms with Crippen molar-refractivity contribution in [1.29, 1.82) is 0 Å². The standard InChI is InChI=1S/C20H33N3O.ClH/c1-16(2)13-17(3)14-20(24)23(15-18-7-4-5-11-22-18)19-8-6-10-21-12-9-19;/h4-5,7,11,16-17,19,21H,6,8-10,12-15H2,1-3H3;1H. The summed E-state index contributed by atoms with van der Waals surface area (Å²) in [5.41, 5.74) is 0.986. The van der Waals surface area contributed by atoms with Gasteiger partial charge in [-0.15, -0.1) is 12.4 Å². The SMILES string of the molecule is CC(C)CC(C)CC(=O)N(Cc1ccccn1)C1CCCNCC1.Cl. The van der Waals surface area contributed by atoms with Crippen molar-refractivity contribution in [3.63, 3.8) is 0 Å². The summed E-state index contributed by atoms with van der Waals surface area (Å²) in [4.78, 5) is 19.6. The van der Waals surface area contributed by atoms with E-state index in [1.807, 2.05) is 24.4 Å². The first-order chi connectivity index (χ1) is 11.6. The third-order valence-electron chi connectivity index (χ3n) is 4.76. The molecule has 1 aromatic rings. The second-order valence-electron chi connectivity index (χ2n) is 7.62. The minimum absolute atomic E-state index is 0. The maximum atomic E-state index is 13.0. The summed E-state index contributed by atoms with van der Waals surface area (Å²) in [6, 6.07) is 6.28. The topological polar surface area (TPSA) is 45.2 Å². The lowest BCUT2D eigenvalue weighted by molar-refractivity contribution is -0.135. The van der Waals surface area contributed by atoms with Crippen molar-refractivity contribution in [3.05, 3.63) is 30.1 Å². The maximum absolute atomic E-state index is 13.0. The number of hydrogen-bond donors (Lipinski definition) is 1. The van der Waals surface area contributed by atoms with Gasteiger partial charge in [0.2, 0.25) is 5.91 Å². The van der Waals surface area contributed by atoms with Gasteiger partial charge in [0.1, 0.15) is 0 Å². The number of amides is 1. The molecule has 1 amide bonds. The Morgan fingerprint density at radius 2 is 2.08 bits per heavy atom. The molecular formula is C20H34ClN3O. The highest BCUT2D eigenvalue weighted by Gasteiger charge is 2.26. The second-order valence-corrected chi connectivity index (χ2v) is 7.62. The summed E-state index contributed by atoms with van der Waals surface area (Å²) in [5.74, 6) is 1.37. The Labute approximate surface area is 159 Å². The molecule has 0 bridgehead atoms. The molecule has 2 heterocycles. The summed E-state index contributed by atoms with van der Waals surface area (Å²) in [6.07, 6.45) is 6.83. The van der Waals surface area contributed by atoms with Crippen LogP contribution in [0.4, 0.5) is 0 Å². The average Bonchev–Trinajstić information content (AvgIpc) is 2.81. The van der Waals surface area contributed by atoms with Crippen LogP contribution in [0, 0.1) is 11.8 Å². The molecule has 142 valence electrons. The number of halogens is 1. The molecule has 5 heteroatoms. The van der Waals surface area contributed by atoms with Gasteiger partial charge in [0.05, 0.1) is 12.2 Å². The molecule has 0 saturated carbocycles. The third-order valence-corrected chi connectivity index (χ3v) is 4.76. The molecule has 0 radical (unpaired) electrons. The first kappa shape index (κ1) is 21.9. The van der Waals surface area contributed by atoms with Gasteiger partial charge in [-0.2, -0.15) is 0 Å². The number of carbonyl (C=O) groups is 1. The van der Waals surface area contributed by atoms with Gasteiger partial charge in [0.15, 0.2) is 0 Å². The van der Waals surface area contributed by atoms with Gasteiger partial charge < -0.3 is 10.2 Å². The van der Waals surface area contributed by atoms with Crippen LogP contribution in [0.5, 0.6) is 0 Å². The Kier molecular flexibility index (Phi) is 10.1. The average molecular weight is 368 g/mol. The largest absolute Gasteiger partial charge is 0.334 e. The number of carbonyl (C=O) groups excluding carboxylic acids is 1. The van der Waals surface area contributed by atoms with Gasteiger partial charge in [-0.05, 0) is 62.7 Å². The molecule has 2 unspecified atom stereocenters. The molecule has 1 saturated heterocycles. The molecule has 0 aliphatic carbocycles. The fraction of sp³-hybridized carbons (Fsp3) is 0.700. The number of pyridine rings is 1. The number of hydrogen-bond acceptors (Lipinski definition) is 3. The summed E-state index contributed by atoms with van der Waals surface area (Å²) in [6.45, 7) is 9.35. The molecule has 1 fully saturated rings. The van der Waals surface area contributed by atoms with Crippen LogP contribution in [-0.4, -0.2) is 34.9 Å². The van der Waals surface area contributed by atoms with Crippen LogP contribution in [0.1, 0.15) is 58.6 Å². The van der Waals surface area contributed by atoms with Crippen LogP contribution in [0.15, 0.2) is 24.4 Å². The van der Waals surface area contributed by atoms with Gasteiger partial charge in [0, 0.05) is 18.7 Å². The van der Waals surface area contributed by atoms with Crippen LogP contribution in [0.25, 0.3) is 0 Å². The Hall–Kier alpha value is -1.13. The van der Waals surface area contributed by atoms with Gasteiger partial charge in [-0.25, -0.2) is 0 Å². The van der Waals surface area contributed by atoms with Crippen molar-refractivity contribution >= 4 is 18.3 Å². The third kappa shape index (κ3) is 7.74. The number of rotatable bonds is 7. The lowest BCUT2D eigenvalue weighted by Crippen LogP contribution is -2.41. The van der Waals surface area contributed by atoms with Crippen LogP contribution in [0.3, 0.4) is 0 Å². The van der Waals surface area contributed by atoms with Crippen LogP contribution in [0.2, 0.25) is 0 Å². The van der Waals surface area contributed by atoms with Crippen molar-refractivity contribution in [2.45, 2.75) is 65.5 Å². The van der Waals surface area contributed by atoms with Gasteiger partial charge in [0.25, 0.3) is 0 Å². The van der Waals surface area contributed by atoms with E-state index in [9.17, 15) is 4.79 Å². The van der Waals surface area contributed by atoms with E-state index >= 15 is 0 Å². The van der Waals surface area contributed by atoms with Crippen molar-refractivity contribution in [1.82, 2.24) is 15.2 Å². The Balaban J connectivity index is 0.00000312. The summed E-state index contributed by atoms with van der Waals surface area (Å²) >= 11 is 0.